The third-order valence-electron chi connectivity index (χ3n) is 4.82. The first-order valence-corrected chi connectivity index (χ1v) is 11.7. The van der Waals surface area contributed by atoms with E-state index >= 15 is 0 Å². The van der Waals surface area contributed by atoms with Gasteiger partial charge in [-0.25, -0.2) is 9.59 Å². The molecule has 178 valence electrons. The van der Waals surface area contributed by atoms with E-state index in [4.69, 9.17) is 9.84 Å². The van der Waals surface area contributed by atoms with E-state index in [1.165, 1.54) is 6.92 Å². The van der Waals surface area contributed by atoms with Crippen molar-refractivity contribution >= 4 is 35.6 Å². The van der Waals surface area contributed by atoms with Crippen molar-refractivity contribution in [3.63, 3.8) is 0 Å². The van der Waals surface area contributed by atoms with E-state index in [2.05, 4.69) is 10.6 Å². The monoisotopic (exact) mass is 461 g/mol. The predicted molar refractivity (Wildman–Crippen MR) is 117 cm³/mol. The molecule has 1 fully saturated rings. The van der Waals surface area contributed by atoms with Gasteiger partial charge in [0.05, 0.1) is 6.10 Å². The minimum Gasteiger partial charge on any atom is -0.480 e. The van der Waals surface area contributed by atoms with E-state index in [0.717, 1.165) is 0 Å². The normalized spacial score (nSPS) is 17.9. The van der Waals surface area contributed by atoms with E-state index < -0.39 is 47.7 Å². The average molecular weight is 462 g/mol. The molecule has 3 amide bonds. The second-order valence-corrected chi connectivity index (χ2v) is 9.63. The summed E-state index contributed by atoms with van der Waals surface area (Å²) in [5, 5.41) is 23.6. The molecular weight excluding hydrogens is 426 g/mol. The number of carbonyl (C=O) groups excluding carboxylic acids is 3. The van der Waals surface area contributed by atoms with Crippen LogP contribution in [0.5, 0.6) is 0 Å². The molecule has 0 aliphatic carbocycles. The molecule has 1 aliphatic heterocycles. The Bertz CT molecular complexity index is 643. The van der Waals surface area contributed by atoms with Crippen molar-refractivity contribution in [2.75, 3.05) is 25.1 Å². The molecule has 11 heteroatoms. The van der Waals surface area contributed by atoms with Crippen molar-refractivity contribution in [2.45, 2.75) is 70.7 Å². The zero-order valence-corrected chi connectivity index (χ0v) is 19.7. The fraction of sp³-hybridized carbons (Fsp3) is 0.800. The number of likely N-dealkylation sites (tertiary alicyclic amines) is 1. The number of aliphatic hydroxyl groups excluding tert-OH is 1. The summed E-state index contributed by atoms with van der Waals surface area (Å²) < 4.78 is 5.26. The molecule has 0 radical (unpaired) electrons. The number of aliphatic carboxylic acids is 1. The molecule has 4 N–H and O–H groups in total. The number of nitrogens with one attached hydrogen (secondary N) is 2. The van der Waals surface area contributed by atoms with Crippen molar-refractivity contribution in [3.8, 4) is 0 Å². The maximum Gasteiger partial charge on any atom is 0.408 e. The van der Waals surface area contributed by atoms with Gasteiger partial charge in [-0.05, 0) is 59.0 Å². The van der Waals surface area contributed by atoms with Gasteiger partial charge in [0, 0.05) is 19.0 Å². The molecule has 0 saturated carbocycles. The lowest BCUT2D eigenvalue weighted by atomic mass is 9.94. The number of alkyl carbamates (subject to hydrolysis) is 1. The standard InChI is InChI=1S/C20H35N3O7S/c1-12(24)15(18(27)28)22-16(25)13-6-9-23(10-7-13)17(26)14(8-11-31-5)21-19(29)30-20(2,3)4/h12-15,24H,6-11H2,1-5H3,(H,21,29)(H,22,25)(H,27,28). The van der Waals surface area contributed by atoms with Crippen LogP contribution >= 0.6 is 11.8 Å². The van der Waals surface area contributed by atoms with Gasteiger partial charge >= 0.3 is 12.1 Å². The largest absolute Gasteiger partial charge is 0.480 e. The van der Waals surface area contributed by atoms with E-state index in [1.54, 1.807) is 37.4 Å². The van der Waals surface area contributed by atoms with Crippen LogP contribution in [0.3, 0.4) is 0 Å². The molecule has 0 aromatic carbocycles. The van der Waals surface area contributed by atoms with Crippen LogP contribution in [-0.4, -0.2) is 87.9 Å². The number of carbonyl (C=O) groups is 4. The highest BCUT2D eigenvalue weighted by atomic mass is 32.2. The Labute approximate surface area is 187 Å². The van der Waals surface area contributed by atoms with E-state index in [0.29, 0.717) is 38.1 Å². The number of piperidine rings is 1. The summed E-state index contributed by atoms with van der Waals surface area (Å²) in [5.41, 5.74) is -0.678. The van der Waals surface area contributed by atoms with Gasteiger partial charge in [-0.3, -0.25) is 9.59 Å². The van der Waals surface area contributed by atoms with Crippen molar-refractivity contribution in [2.24, 2.45) is 5.92 Å². The van der Waals surface area contributed by atoms with E-state index in [9.17, 15) is 24.3 Å². The Morgan fingerprint density at radius 1 is 1.16 bits per heavy atom. The molecule has 3 atom stereocenters. The number of hydrogen-bond acceptors (Lipinski definition) is 7. The maximum absolute atomic E-state index is 13.0. The molecule has 1 rings (SSSR count). The second kappa shape index (κ2) is 12.1. The zero-order chi connectivity index (χ0) is 23.8. The Hall–Kier alpha value is -2.01. The van der Waals surface area contributed by atoms with Crippen LogP contribution in [0.25, 0.3) is 0 Å². The first-order valence-electron chi connectivity index (χ1n) is 10.3. The molecule has 3 unspecified atom stereocenters. The fourth-order valence-electron chi connectivity index (χ4n) is 3.19. The first kappa shape index (κ1) is 27.0. The lowest BCUT2D eigenvalue weighted by molar-refractivity contribution is -0.146. The van der Waals surface area contributed by atoms with Gasteiger partial charge < -0.3 is 30.5 Å². The molecule has 1 saturated heterocycles. The van der Waals surface area contributed by atoms with Crippen LogP contribution in [0.4, 0.5) is 4.79 Å². The number of thioether (sulfide) groups is 1. The topological polar surface area (TPSA) is 145 Å². The number of hydrogen-bond donors (Lipinski definition) is 4. The summed E-state index contributed by atoms with van der Waals surface area (Å²) >= 11 is 1.56. The highest BCUT2D eigenvalue weighted by Gasteiger charge is 2.34. The van der Waals surface area contributed by atoms with Crippen molar-refractivity contribution < 1.29 is 34.1 Å². The molecule has 1 aliphatic rings. The number of nitrogens with zero attached hydrogens (tertiary/aromatic N) is 1. The average Bonchev–Trinajstić information content (AvgIpc) is 2.66. The van der Waals surface area contributed by atoms with E-state index in [-0.39, 0.29) is 5.91 Å². The summed E-state index contributed by atoms with van der Waals surface area (Å²) in [6, 6.07) is -2.10. The van der Waals surface area contributed by atoms with Crippen LogP contribution < -0.4 is 10.6 Å². The van der Waals surface area contributed by atoms with Gasteiger partial charge in [0.15, 0.2) is 6.04 Å². The lowest BCUT2D eigenvalue weighted by Crippen LogP contribution is -2.54. The van der Waals surface area contributed by atoms with Gasteiger partial charge in [0.2, 0.25) is 11.8 Å². The van der Waals surface area contributed by atoms with Crippen LogP contribution in [0.15, 0.2) is 0 Å². The third kappa shape index (κ3) is 9.34. The lowest BCUT2D eigenvalue weighted by Gasteiger charge is -2.34. The maximum atomic E-state index is 13.0. The smallest absolute Gasteiger partial charge is 0.408 e. The summed E-state index contributed by atoms with van der Waals surface area (Å²) in [6.45, 7) is 7.16. The Morgan fingerprint density at radius 2 is 1.74 bits per heavy atom. The number of aliphatic hydroxyl groups is 1. The number of ether oxygens (including phenoxy) is 1. The SMILES string of the molecule is CSCCC(NC(=O)OC(C)(C)C)C(=O)N1CCC(C(=O)NC(C(=O)O)C(C)O)CC1. The Morgan fingerprint density at radius 3 is 2.19 bits per heavy atom. The number of rotatable bonds is 9. The molecule has 31 heavy (non-hydrogen) atoms. The summed E-state index contributed by atoms with van der Waals surface area (Å²) in [6.07, 6.45) is 1.22. The molecule has 1 heterocycles. The van der Waals surface area contributed by atoms with Crippen molar-refractivity contribution in [1.82, 2.24) is 15.5 Å². The van der Waals surface area contributed by atoms with Crippen LogP contribution in [-0.2, 0) is 19.1 Å². The molecular formula is C20H35N3O7S. The Balaban J connectivity index is 2.68. The Kier molecular flexibility index (Phi) is 10.6. The quantitative estimate of drug-likeness (QED) is 0.395. The van der Waals surface area contributed by atoms with Crippen molar-refractivity contribution in [3.05, 3.63) is 0 Å². The fourth-order valence-corrected chi connectivity index (χ4v) is 3.66. The number of carboxylic acid groups (broad SMARTS) is 1. The van der Waals surface area contributed by atoms with Gasteiger partial charge in [-0.2, -0.15) is 11.8 Å². The summed E-state index contributed by atoms with van der Waals surface area (Å²) in [5.74, 6) is -1.76. The highest BCUT2D eigenvalue weighted by molar-refractivity contribution is 7.98. The predicted octanol–water partition coefficient (Wildman–Crippen LogP) is 0.822. The molecule has 10 nitrogen and oxygen atoms in total. The van der Waals surface area contributed by atoms with Gasteiger partial charge in [0.1, 0.15) is 11.6 Å². The van der Waals surface area contributed by atoms with Crippen LogP contribution in [0.1, 0.15) is 47.0 Å². The molecule has 0 aromatic rings. The van der Waals surface area contributed by atoms with Crippen LogP contribution in [0, 0.1) is 5.92 Å². The van der Waals surface area contributed by atoms with Gasteiger partial charge in [-0.15, -0.1) is 0 Å². The first-order chi connectivity index (χ1) is 14.4. The number of carboxylic acids is 1. The second-order valence-electron chi connectivity index (χ2n) is 8.64. The minimum atomic E-state index is -1.37. The summed E-state index contributed by atoms with van der Waals surface area (Å²) in [4.78, 5) is 50.3. The molecule has 0 bridgehead atoms. The third-order valence-corrected chi connectivity index (χ3v) is 5.47. The minimum absolute atomic E-state index is 0.230. The van der Waals surface area contributed by atoms with Gasteiger partial charge in [-0.1, -0.05) is 0 Å². The van der Waals surface area contributed by atoms with Gasteiger partial charge in [0.25, 0.3) is 0 Å². The van der Waals surface area contributed by atoms with Crippen molar-refractivity contribution in [1.29, 1.82) is 0 Å². The molecule has 0 aromatic heterocycles. The van der Waals surface area contributed by atoms with E-state index in [1.807, 2.05) is 6.26 Å². The molecule has 0 spiro atoms. The zero-order valence-electron chi connectivity index (χ0n) is 18.8. The van der Waals surface area contributed by atoms with Crippen LogP contribution in [0.2, 0.25) is 0 Å². The summed E-state index contributed by atoms with van der Waals surface area (Å²) in [7, 11) is 0. The highest BCUT2D eigenvalue weighted by Crippen LogP contribution is 2.19. The number of amides is 3.